The molecule has 0 radical (unpaired) electrons. The molecule has 1 aromatic heterocycles. The minimum absolute atomic E-state index is 0.00979. The van der Waals surface area contributed by atoms with Gasteiger partial charge in [0.1, 0.15) is 11.4 Å². The highest BCUT2D eigenvalue weighted by Gasteiger charge is 2.27. The third-order valence-electron chi connectivity index (χ3n) is 4.61. The van der Waals surface area contributed by atoms with Gasteiger partial charge in [0.2, 0.25) is 0 Å². The number of ether oxygens (including phenoxy) is 2. The van der Waals surface area contributed by atoms with E-state index in [0.29, 0.717) is 17.4 Å². The van der Waals surface area contributed by atoms with Crippen molar-refractivity contribution in [3.8, 4) is 5.75 Å². The summed E-state index contributed by atoms with van der Waals surface area (Å²) in [6, 6.07) is 3.47. The quantitative estimate of drug-likeness (QED) is 0.837. The first kappa shape index (κ1) is 16.2. The number of aromatic nitrogens is 1. The maximum absolute atomic E-state index is 12.7. The number of rotatable bonds is 4. The molecule has 1 amide bonds. The van der Waals surface area contributed by atoms with Crippen molar-refractivity contribution in [2.75, 3.05) is 53.0 Å². The lowest BCUT2D eigenvalue weighted by molar-refractivity contribution is 0.0223. The third-order valence-corrected chi connectivity index (χ3v) is 4.61. The topological polar surface area (TPSA) is 54.9 Å². The summed E-state index contributed by atoms with van der Waals surface area (Å²) in [6.45, 7) is 6.33. The molecule has 23 heavy (non-hydrogen) atoms. The highest BCUT2D eigenvalue weighted by Crippen LogP contribution is 2.20. The fourth-order valence-corrected chi connectivity index (χ4v) is 3.36. The molecule has 1 atom stereocenters. The molecule has 2 aliphatic heterocycles. The summed E-state index contributed by atoms with van der Waals surface area (Å²) >= 11 is 0. The van der Waals surface area contributed by atoms with E-state index in [1.165, 1.54) is 6.42 Å². The highest BCUT2D eigenvalue weighted by atomic mass is 16.5. The van der Waals surface area contributed by atoms with E-state index in [-0.39, 0.29) is 5.91 Å². The van der Waals surface area contributed by atoms with Crippen LogP contribution in [0.1, 0.15) is 23.3 Å². The number of likely N-dealkylation sites (tertiary alicyclic amines) is 1. The SMILES string of the molecule is COc1ccnc(C(=O)N2CCC[C@@H](CN3CCOCC3)C2)c1. The monoisotopic (exact) mass is 319 g/mol. The predicted molar refractivity (Wildman–Crippen MR) is 86.7 cm³/mol. The van der Waals surface area contributed by atoms with Gasteiger partial charge in [0.25, 0.3) is 5.91 Å². The van der Waals surface area contributed by atoms with Crippen molar-refractivity contribution in [2.24, 2.45) is 5.92 Å². The molecule has 0 unspecified atom stereocenters. The molecule has 3 rings (SSSR count). The predicted octanol–water partition coefficient (Wildman–Crippen LogP) is 1.27. The molecule has 6 heteroatoms. The standard InChI is InChI=1S/C17H25N3O3/c1-22-15-4-5-18-16(11-15)17(21)20-6-2-3-14(13-20)12-19-7-9-23-10-8-19/h4-5,11,14H,2-3,6-10,12-13H2,1H3/t14-/m0/s1. The summed E-state index contributed by atoms with van der Waals surface area (Å²) in [5.74, 6) is 1.22. The second-order valence-corrected chi connectivity index (χ2v) is 6.25. The van der Waals surface area contributed by atoms with Crippen molar-refractivity contribution in [1.82, 2.24) is 14.8 Å². The van der Waals surface area contributed by atoms with Crippen LogP contribution in [0.2, 0.25) is 0 Å². The van der Waals surface area contributed by atoms with Crippen LogP contribution in [0.3, 0.4) is 0 Å². The summed E-state index contributed by atoms with van der Waals surface area (Å²) in [6.07, 6.45) is 3.87. The van der Waals surface area contributed by atoms with Gasteiger partial charge in [-0.05, 0) is 24.8 Å². The van der Waals surface area contributed by atoms with Gasteiger partial charge in [-0.2, -0.15) is 0 Å². The summed E-state index contributed by atoms with van der Waals surface area (Å²) in [5, 5.41) is 0. The number of carbonyl (C=O) groups excluding carboxylic acids is 1. The molecular formula is C17H25N3O3. The van der Waals surface area contributed by atoms with Crippen LogP contribution in [0.25, 0.3) is 0 Å². The number of pyridine rings is 1. The van der Waals surface area contributed by atoms with E-state index >= 15 is 0 Å². The zero-order valence-corrected chi connectivity index (χ0v) is 13.7. The summed E-state index contributed by atoms with van der Waals surface area (Å²) in [5.41, 5.74) is 0.469. The van der Waals surface area contributed by atoms with E-state index in [2.05, 4.69) is 9.88 Å². The Hall–Kier alpha value is -1.66. The molecule has 2 saturated heterocycles. The second kappa shape index (κ2) is 7.75. The van der Waals surface area contributed by atoms with Crippen molar-refractivity contribution in [3.05, 3.63) is 24.0 Å². The zero-order chi connectivity index (χ0) is 16.1. The van der Waals surface area contributed by atoms with Crippen molar-refractivity contribution >= 4 is 5.91 Å². The van der Waals surface area contributed by atoms with Crippen molar-refractivity contribution in [3.63, 3.8) is 0 Å². The number of carbonyl (C=O) groups is 1. The van der Waals surface area contributed by atoms with Crippen LogP contribution in [-0.4, -0.2) is 73.7 Å². The molecule has 3 heterocycles. The van der Waals surface area contributed by atoms with Gasteiger partial charge >= 0.3 is 0 Å². The lowest BCUT2D eigenvalue weighted by atomic mass is 9.97. The minimum Gasteiger partial charge on any atom is -0.497 e. The average Bonchev–Trinajstić information content (AvgIpc) is 2.62. The second-order valence-electron chi connectivity index (χ2n) is 6.25. The van der Waals surface area contributed by atoms with E-state index in [0.717, 1.165) is 52.4 Å². The normalized spacial score (nSPS) is 22.8. The number of hydrogen-bond acceptors (Lipinski definition) is 5. The van der Waals surface area contributed by atoms with Crippen LogP contribution in [0.5, 0.6) is 5.75 Å². The van der Waals surface area contributed by atoms with Gasteiger partial charge in [0.05, 0.1) is 20.3 Å². The van der Waals surface area contributed by atoms with Crippen molar-refractivity contribution in [2.45, 2.75) is 12.8 Å². The van der Waals surface area contributed by atoms with Gasteiger partial charge in [-0.3, -0.25) is 14.7 Å². The van der Waals surface area contributed by atoms with E-state index < -0.39 is 0 Å². The Morgan fingerprint density at radius 1 is 1.39 bits per heavy atom. The molecular weight excluding hydrogens is 294 g/mol. The number of hydrogen-bond donors (Lipinski definition) is 0. The first-order valence-corrected chi connectivity index (χ1v) is 8.35. The molecule has 0 aliphatic carbocycles. The van der Waals surface area contributed by atoms with E-state index in [4.69, 9.17) is 9.47 Å². The van der Waals surface area contributed by atoms with E-state index in [1.54, 1.807) is 25.4 Å². The highest BCUT2D eigenvalue weighted by molar-refractivity contribution is 5.92. The fraction of sp³-hybridized carbons (Fsp3) is 0.647. The smallest absolute Gasteiger partial charge is 0.272 e. The first-order valence-electron chi connectivity index (χ1n) is 8.35. The molecule has 0 spiro atoms. The maximum atomic E-state index is 12.7. The van der Waals surface area contributed by atoms with E-state index in [1.807, 2.05) is 4.90 Å². The molecule has 0 saturated carbocycles. The number of methoxy groups -OCH3 is 1. The molecule has 0 N–H and O–H groups in total. The Labute approximate surface area is 137 Å². The molecule has 1 aromatic rings. The average molecular weight is 319 g/mol. The number of nitrogens with zero attached hydrogens (tertiary/aromatic N) is 3. The van der Waals surface area contributed by atoms with Crippen LogP contribution in [0.15, 0.2) is 18.3 Å². The fourth-order valence-electron chi connectivity index (χ4n) is 3.36. The maximum Gasteiger partial charge on any atom is 0.272 e. The number of amides is 1. The van der Waals surface area contributed by atoms with Crippen LogP contribution >= 0.6 is 0 Å². The Morgan fingerprint density at radius 2 is 2.22 bits per heavy atom. The lowest BCUT2D eigenvalue weighted by Gasteiger charge is -2.36. The molecule has 2 aliphatic rings. The van der Waals surface area contributed by atoms with Crippen LogP contribution in [-0.2, 0) is 4.74 Å². The number of morpholine rings is 1. The van der Waals surface area contributed by atoms with E-state index in [9.17, 15) is 4.79 Å². The van der Waals surface area contributed by atoms with Crippen LogP contribution < -0.4 is 4.74 Å². The van der Waals surface area contributed by atoms with Crippen LogP contribution in [0.4, 0.5) is 0 Å². The van der Waals surface area contributed by atoms with Gasteiger partial charge in [-0.1, -0.05) is 0 Å². The largest absolute Gasteiger partial charge is 0.497 e. The Morgan fingerprint density at radius 3 is 3.00 bits per heavy atom. The van der Waals surface area contributed by atoms with Gasteiger partial charge in [-0.25, -0.2) is 0 Å². The van der Waals surface area contributed by atoms with Crippen LogP contribution in [0, 0.1) is 5.92 Å². The summed E-state index contributed by atoms with van der Waals surface area (Å²) in [4.78, 5) is 21.3. The molecule has 2 fully saturated rings. The summed E-state index contributed by atoms with van der Waals surface area (Å²) < 4.78 is 10.6. The van der Waals surface area contributed by atoms with Crippen molar-refractivity contribution in [1.29, 1.82) is 0 Å². The van der Waals surface area contributed by atoms with Gasteiger partial charge < -0.3 is 14.4 Å². The summed E-state index contributed by atoms with van der Waals surface area (Å²) in [7, 11) is 1.60. The Bertz CT molecular complexity index is 532. The zero-order valence-electron chi connectivity index (χ0n) is 13.7. The first-order chi connectivity index (χ1) is 11.3. The molecule has 126 valence electrons. The lowest BCUT2D eigenvalue weighted by Crippen LogP contribution is -2.46. The minimum atomic E-state index is 0.00979. The Kier molecular flexibility index (Phi) is 5.46. The molecule has 0 aromatic carbocycles. The van der Waals surface area contributed by atoms with Gasteiger partial charge in [0.15, 0.2) is 0 Å². The van der Waals surface area contributed by atoms with Gasteiger partial charge in [-0.15, -0.1) is 0 Å². The molecule has 0 bridgehead atoms. The number of piperidine rings is 1. The van der Waals surface area contributed by atoms with Crippen molar-refractivity contribution < 1.29 is 14.3 Å². The third kappa shape index (κ3) is 4.20. The Balaban J connectivity index is 1.59. The van der Waals surface area contributed by atoms with Gasteiger partial charge in [0, 0.05) is 45.0 Å². The molecule has 6 nitrogen and oxygen atoms in total.